The number of hydrogen-bond acceptors (Lipinski definition) is 4. The summed E-state index contributed by atoms with van der Waals surface area (Å²) in [5, 5.41) is 3.70. The van der Waals surface area contributed by atoms with Crippen LogP contribution in [0.15, 0.2) is 28.8 Å². The first-order chi connectivity index (χ1) is 6.25. The quantitative estimate of drug-likeness (QED) is 0.715. The number of nitrogen functional groups attached to an aromatic ring is 1. The Balaban J connectivity index is 2.41. The van der Waals surface area contributed by atoms with E-state index in [-0.39, 0.29) is 6.01 Å². The molecule has 0 saturated carbocycles. The van der Waals surface area contributed by atoms with Crippen LogP contribution in [0.3, 0.4) is 0 Å². The lowest BCUT2D eigenvalue weighted by molar-refractivity contribution is 0.437. The molecule has 0 fully saturated rings. The summed E-state index contributed by atoms with van der Waals surface area (Å²) in [7, 11) is 0. The van der Waals surface area contributed by atoms with Gasteiger partial charge in [-0.15, -0.1) is 0 Å². The molecular formula is C9H9N3O. The summed E-state index contributed by atoms with van der Waals surface area (Å²) in [6.45, 7) is 2.02. The Morgan fingerprint density at radius 1 is 1.23 bits per heavy atom. The van der Waals surface area contributed by atoms with Crippen molar-refractivity contribution in [2.75, 3.05) is 5.73 Å². The summed E-state index contributed by atoms with van der Waals surface area (Å²) < 4.78 is 4.67. The van der Waals surface area contributed by atoms with Crippen LogP contribution in [0, 0.1) is 6.92 Å². The average molecular weight is 175 g/mol. The minimum absolute atomic E-state index is 0.0931. The lowest BCUT2D eigenvalue weighted by atomic mass is 10.1. The molecule has 1 aromatic heterocycles. The molecule has 4 nitrogen and oxygen atoms in total. The van der Waals surface area contributed by atoms with Crippen molar-refractivity contribution in [2.45, 2.75) is 6.92 Å². The molecule has 0 aliphatic rings. The first kappa shape index (κ1) is 7.79. The lowest BCUT2D eigenvalue weighted by Crippen LogP contribution is -1.84. The maximum Gasteiger partial charge on any atom is 0.319 e. The smallest absolute Gasteiger partial charge is 0.319 e. The first-order valence-electron chi connectivity index (χ1n) is 3.92. The second kappa shape index (κ2) is 2.90. The summed E-state index contributed by atoms with van der Waals surface area (Å²) in [4.78, 5) is 3.91. The number of aromatic nitrogens is 2. The van der Waals surface area contributed by atoms with Crippen LogP contribution in [0.1, 0.15) is 5.56 Å². The molecule has 66 valence electrons. The molecule has 1 aromatic carbocycles. The zero-order valence-corrected chi connectivity index (χ0v) is 7.19. The summed E-state index contributed by atoms with van der Waals surface area (Å²) in [6.07, 6.45) is 0. The van der Waals surface area contributed by atoms with E-state index in [2.05, 4.69) is 14.7 Å². The molecule has 0 saturated heterocycles. The van der Waals surface area contributed by atoms with Crippen molar-refractivity contribution in [3.8, 4) is 11.4 Å². The van der Waals surface area contributed by atoms with Gasteiger partial charge in [-0.3, -0.25) is 0 Å². The number of nitrogens with zero attached hydrogens (tertiary/aromatic N) is 2. The number of benzene rings is 1. The normalized spacial score (nSPS) is 10.2. The van der Waals surface area contributed by atoms with E-state index in [0.717, 1.165) is 5.56 Å². The summed E-state index contributed by atoms with van der Waals surface area (Å²) in [6, 6.07) is 7.93. The third kappa shape index (κ3) is 1.51. The Hall–Kier alpha value is -1.84. The molecule has 0 spiro atoms. The molecule has 0 aliphatic heterocycles. The second-order valence-corrected chi connectivity index (χ2v) is 2.82. The Morgan fingerprint density at radius 2 is 1.92 bits per heavy atom. The molecule has 0 amide bonds. The highest BCUT2D eigenvalue weighted by Gasteiger charge is 2.04. The van der Waals surface area contributed by atoms with Crippen molar-refractivity contribution in [1.29, 1.82) is 0 Å². The second-order valence-electron chi connectivity index (χ2n) is 2.82. The average Bonchev–Trinajstić information content (AvgIpc) is 2.53. The molecule has 2 rings (SSSR count). The van der Waals surface area contributed by atoms with Crippen LogP contribution < -0.4 is 5.73 Å². The molecule has 0 unspecified atom stereocenters. The summed E-state index contributed by atoms with van der Waals surface area (Å²) in [5.74, 6) is 0.525. The van der Waals surface area contributed by atoms with Gasteiger partial charge in [-0.25, -0.2) is 0 Å². The third-order valence-electron chi connectivity index (χ3n) is 1.75. The Morgan fingerprint density at radius 3 is 2.46 bits per heavy atom. The fourth-order valence-corrected chi connectivity index (χ4v) is 1.06. The van der Waals surface area contributed by atoms with Crippen LogP contribution in [-0.4, -0.2) is 10.1 Å². The van der Waals surface area contributed by atoms with Crippen molar-refractivity contribution in [1.82, 2.24) is 10.1 Å². The van der Waals surface area contributed by atoms with Gasteiger partial charge in [-0.05, 0) is 6.92 Å². The van der Waals surface area contributed by atoms with Crippen LogP contribution in [0.4, 0.5) is 6.01 Å². The van der Waals surface area contributed by atoms with Gasteiger partial charge in [0.1, 0.15) is 0 Å². The van der Waals surface area contributed by atoms with Crippen molar-refractivity contribution < 1.29 is 4.52 Å². The molecule has 1 heterocycles. The van der Waals surface area contributed by atoms with Crippen LogP contribution in [0.25, 0.3) is 11.4 Å². The molecule has 2 aromatic rings. The van der Waals surface area contributed by atoms with E-state index in [0.29, 0.717) is 5.82 Å². The summed E-state index contributed by atoms with van der Waals surface area (Å²) >= 11 is 0. The predicted octanol–water partition coefficient (Wildman–Crippen LogP) is 1.63. The maximum atomic E-state index is 5.31. The zero-order valence-electron chi connectivity index (χ0n) is 7.19. The fraction of sp³-hybridized carbons (Fsp3) is 0.111. The SMILES string of the molecule is Cc1ccc(-c2noc(N)n2)cc1. The minimum atomic E-state index is 0.0931. The number of anilines is 1. The van der Waals surface area contributed by atoms with Gasteiger partial charge in [0.2, 0.25) is 5.82 Å². The largest absolute Gasteiger partial charge is 0.351 e. The van der Waals surface area contributed by atoms with E-state index in [9.17, 15) is 0 Å². The van der Waals surface area contributed by atoms with Gasteiger partial charge >= 0.3 is 6.01 Å². The Bertz CT molecular complexity index is 405. The molecule has 0 radical (unpaired) electrons. The van der Waals surface area contributed by atoms with E-state index >= 15 is 0 Å². The third-order valence-corrected chi connectivity index (χ3v) is 1.75. The van der Waals surface area contributed by atoms with Gasteiger partial charge in [0.05, 0.1) is 0 Å². The Labute approximate surface area is 75.4 Å². The number of hydrogen-bond donors (Lipinski definition) is 1. The van der Waals surface area contributed by atoms with Gasteiger partial charge in [0, 0.05) is 5.56 Å². The van der Waals surface area contributed by atoms with Gasteiger partial charge < -0.3 is 10.3 Å². The van der Waals surface area contributed by atoms with Gasteiger partial charge in [0.25, 0.3) is 0 Å². The monoisotopic (exact) mass is 175 g/mol. The van der Waals surface area contributed by atoms with Crippen molar-refractivity contribution in [2.24, 2.45) is 0 Å². The number of nitrogens with two attached hydrogens (primary N) is 1. The maximum absolute atomic E-state index is 5.31. The van der Waals surface area contributed by atoms with Gasteiger partial charge in [0.15, 0.2) is 0 Å². The van der Waals surface area contributed by atoms with Crippen LogP contribution >= 0.6 is 0 Å². The first-order valence-corrected chi connectivity index (χ1v) is 3.92. The highest BCUT2D eigenvalue weighted by molar-refractivity contribution is 5.55. The van der Waals surface area contributed by atoms with E-state index in [1.807, 2.05) is 31.2 Å². The molecule has 13 heavy (non-hydrogen) atoms. The molecule has 0 aliphatic carbocycles. The minimum Gasteiger partial charge on any atom is -0.351 e. The molecule has 2 N–H and O–H groups in total. The van der Waals surface area contributed by atoms with Gasteiger partial charge in [-0.2, -0.15) is 4.98 Å². The van der Waals surface area contributed by atoms with Crippen molar-refractivity contribution >= 4 is 6.01 Å². The van der Waals surface area contributed by atoms with Gasteiger partial charge in [-0.1, -0.05) is 35.0 Å². The van der Waals surface area contributed by atoms with E-state index in [1.165, 1.54) is 5.56 Å². The Kier molecular flexibility index (Phi) is 1.73. The molecule has 0 atom stereocenters. The fourth-order valence-electron chi connectivity index (χ4n) is 1.06. The van der Waals surface area contributed by atoms with E-state index in [1.54, 1.807) is 0 Å². The lowest BCUT2D eigenvalue weighted by Gasteiger charge is -1.93. The van der Waals surface area contributed by atoms with Crippen LogP contribution in [-0.2, 0) is 0 Å². The topological polar surface area (TPSA) is 64.9 Å². The van der Waals surface area contributed by atoms with Crippen molar-refractivity contribution in [3.05, 3.63) is 29.8 Å². The standard InChI is InChI=1S/C9H9N3O/c1-6-2-4-7(5-3-6)8-11-9(10)13-12-8/h2-5H,1H3,(H2,10,11,12). The number of rotatable bonds is 1. The zero-order chi connectivity index (χ0) is 9.26. The highest BCUT2D eigenvalue weighted by atomic mass is 16.5. The summed E-state index contributed by atoms with van der Waals surface area (Å²) in [5.41, 5.74) is 7.41. The van der Waals surface area contributed by atoms with E-state index in [4.69, 9.17) is 5.73 Å². The van der Waals surface area contributed by atoms with E-state index < -0.39 is 0 Å². The molecule has 0 bridgehead atoms. The van der Waals surface area contributed by atoms with Crippen LogP contribution in [0.5, 0.6) is 0 Å². The molecular weight excluding hydrogens is 166 g/mol. The molecule has 4 heteroatoms. The van der Waals surface area contributed by atoms with Crippen LogP contribution in [0.2, 0.25) is 0 Å². The highest BCUT2D eigenvalue weighted by Crippen LogP contribution is 2.16. The predicted molar refractivity (Wildman–Crippen MR) is 48.9 cm³/mol. The number of aryl methyl sites for hydroxylation is 1. The van der Waals surface area contributed by atoms with Crippen molar-refractivity contribution in [3.63, 3.8) is 0 Å².